The summed E-state index contributed by atoms with van der Waals surface area (Å²) in [6.45, 7) is 0. The van der Waals surface area contributed by atoms with Crippen LogP contribution >= 0.6 is 0 Å². The van der Waals surface area contributed by atoms with Crippen molar-refractivity contribution in [3.8, 4) is 11.5 Å². The molecular formula is C15H8F6O3. The lowest BCUT2D eigenvalue weighted by Crippen LogP contribution is -2.09. The maximum atomic E-state index is 12.6. The van der Waals surface area contributed by atoms with Gasteiger partial charge in [-0.1, -0.05) is 6.07 Å². The smallest absolute Gasteiger partial charge is 0.416 e. The van der Waals surface area contributed by atoms with Crippen LogP contribution in [0.3, 0.4) is 0 Å². The summed E-state index contributed by atoms with van der Waals surface area (Å²) in [4.78, 5) is 11.1. The van der Waals surface area contributed by atoms with E-state index in [4.69, 9.17) is 9.84 Å². The molecule has 0 aromatic heterocycles. The van der Waals surface area contributed by atoms with Gasteiger partial charge in [0.1, 0.15) is 17.1 Å². The first-order valence-corrected chi connectivity index (χ1v) is 6.28. The van der Waals surface area contributed by atoms with E-state index < -0.39 is 40.8 Å². The Kier molecular flexibility index (Phi) is 4.46. The zero-order valence-electron chi connectivity index (χ0n) is 11.6. The van der Waals surface area contributed by atoms with E-state index in [2.05, 4.69) is 0 Å². The molecule has 9 heteroatoms. The number of carbonyl (C=O) groups is 1. The Balaban J connectivity index is 2.41. The average molecular weight is 350 g/mol. The van der Waals surface area contributed by atoms with Gasteiger partial charge in [-0.3, -0.25) is 0 Å². The number of benzene rings is 2. The molecule has 0 spiro atoms. The lowest BCUT2D eigenvalue weighted by molar-refractivity contribution is -0.138. The van der Waals surface area contributed by atoms with Gasteiger partial charge in [0.25, 0.3) is 0 Å². The van der Waals surface area contributed by atoms with Crippen LogP contribution in [0, 0.1) is 0 Å². The van der Waals surface area contributed by atoms with E-state index in [9.17, 15) is 31.1 Å². The summed E-state index contributed by atoms with van der Waals surface area (Å²) >= 11 is 0. The molecule has 0 unspecified atom stereocenters. The fourth-order valence-corrected chi connectivity index (χ4v) is 1.83. The van der Waals surface area contributed by atoms with Crippen LogP contribution < -0.4 is 4.74 Å². The molecule has 0 amide bonds. The second kappa shape index (κ2) is 6.06. The SMILES string of the molecule is O=C(O)c1cc(C(F)(F)F)ccc1Oc1cccc(C(F)(F)F)c1. The van der Waals surface area contributed by atoms with Crippen molar-refractivity contribution in [3.63, 3.8) is 0 Å². The monoisotopic (exact) mass is 350 g/mol. The number of carboxylic acid groups (broad SMARTS) is 1. The van der Waals surface area contributed by atoms with E-state index in [1.165, 1.54) is 0 Å². The predicted molar refractivity (Wildman–Crippen MR) is 69.9 cm³/mol. The van der Waals surface area contributed by atoms with E-state index in [1.807, 2.05) is 0 Å². The van der Waals surface area contributed by atoms with Crippen LogP contribution in [0.2, 0.25) is 0 Å². The van der Waals surface area contributed by atoms with Crippen molar-refractivity contribution >= 4 is 5.97 Å². The summed E-state index contributed by atoms with van der Waals surface area (Å²) in [5, 5.41) is 8.99. The molecule has 0 atom stereocenters. The molecule has 2 aromatic carbocycles. The number of carboxylic acids is 1. The highest BCUT2D eigenvalue weighted by Gasteiger charge is 2.33. The third-order valence-corrected chi connectivity index (χ3v) is 2.93. The first-order chi connectivity index (χ1) is 11.0. The first kappa shape index (κ1) is 17.6. The van der Waals surface area contributed by atoms with E-state index in [0.29, 0.717) is 18.2 Å². The minimum Gasteiger partial charge on any atom is -0.478 e. The summed E-state index contributed by atoms with van der Waals surface area (Å²) in [5.41, 5.74) is -3.07. The third-order valence-electron chi connectivity index (χ3n) is 2.93. The van der Waals surface area contributed by atoms with Gasteiger partial charge >= 0.3 is 18.3 Å². The van der Waals surface area contributed by atoms with Gasteiger partial charge in [-0.05, 0) is 36.4 Å². The number of rotatable bonds is 3. The number of hydrogen-bond donors (Lipinski definition) is 1. The Hall–Kier alpha value is -2.71. The number of alkyl halides is 6. The van der Waals surface area contributed by atoms with Crippen molar-refractivity contribution in [2.75, 3.05) is 0 Å². The van der Waals surface area contributed by atoms with Crippen LogP contribution in [0.25, 0.3) is 0 Å². The molecule has 1 N–H and O–H groups in total. The molecule has 0 saturated heterocycles. The average Bonchev–Trinajstić information content (AvgIpc) is 2.45. The predicted octanol–water partition coefficient (Wildman–Crippen LogP) is 5.21. The van der Waals surface area contributed by atoms with E-state index in [-0.39, 0.29) is 5.75 Å². The molecule has 128 valence electrons. The largest absolute Gasteiger partial charge is 0.478 e. The van der Waals surface area contributed by atoms with Gasteiger partial charge in [-0.25, -0.2) is 4.79 Å². The number of halogens is 6. The standard InChI is InChI=1S/C15H8F6O3/c16-14(17,18)8-2-1-3-10(6-8)24-12-5-4-9(15(19,20)21)7-11(12)13(22)23/h1-7H,(H,22,23). The fraction of sp³-hybridized carbons (Fsp3) is 0.133. The zero-order valence-corrected chi connectivity index (χ0v) is 11.6. The Labute approximate surface area is 131 Å². The van der Waals surface area contributed by atoms with Gasteiger partial charge in [0.05, 0.1) is 11.1 Å². The van der Waals surface area contributed by atoms with Gasteiger partial charge < -0.3 is 9.84 Å². The van der Waals surface area contributed by atoms with Crippen molar-refractivity contribution in [2.45, 2.75) is 12.4 Å². The highest BCUT2D eigenvalue weighted by molar-refractivity contribution is 5.91. The Morgan fingerprint density at radius 2 is 1.46 bits per heavy atom. The maximum Gasteiger partial charge on any atom is 0.416 e. The summed E-state index contributed by atoms with van der Waals surface area (Å²) in [7, 11) is 0. The van der Waals surface area contributed by atoms with Crippen LogP contribution in [-0.2, 0) is 12.4 Å². The highest BCUT2D eigenvalue weighted by atomic mass is 19.4. The second-order valence-corrected chi connectivity index (χ2v) is 4.64. The molecule has 24 heavy (non-hydrogen) atoms. The molecule has 0 saturated carbocycles. The lowest BCUT2D eigenvalue weighted by Gasteiger charge is -2.13. The van der Waals surface area contributed by atoms with E-state index >= 15 is 0 Å². The van der Waals surface area contributed by atoms with Gasteiger partial charge in [0, 0.05) is 0 Å². The summed E-state index contributed by atoms with van der Waals surface area (Å²) < 4.78 is 80.7. The van der Waals surface area contributed by atoms with Crippen molar-refractivity contribution in [2.24, 2.45) is 0 Å². The summed E-state index contributed by atoms with van der Waals surface area (Å²) in [6.07, 6.45) is -9.41. The molecule has 0 aliphatic heterocycles. The quantitative estimate of drug-likeness (QED) is 0.773. The van der Waals surface area contributed by atoms with Crippen LogP contribution in [0.15, 0.2) is 42.5 Å². The van der Waals surface area contributed by atoms with Crippen molar-refractivity contribution in [1.29, 1.82) is 0 Å². The molecule has 0 aliphatic rings. The third kappa shape index (κ3) is 3.98. The molecule has 2 aromatic rings. The second-order valence-electron chi connectivity index (χ2n) is 4.64. The minimum absolute atomic E-state index is 0.352. The van der Waals surface area contributed by atoms with Crippen LogP contribution in [0.1, 0.15) is 21.5 Å². The summed E-state index contributed by atoms with van der Waals surface area (Å²) in [6, 6.07) is 5.22. The number of aromatic carboxylic acids is 1. The topological polar surface area (TPSA) is 46.5 Å². The molecule has 0 heterocycles. The van der Waals surface area contributed by atoms with E-state index in [1.54, 1.807) is 0 Å². The maximum absolute atomic E-state index is 12.6. The minimum atomic E-state index is -4.76. The molecule has 2 rings (SSSR count). The first-order valence-electron chi connectivity index (χ1n) is 6.28. The van der Waals surface area contributed by atoms with Crippen LogP contribution in [0.5, 0.6) is 11.5 Å². The highest BCUT2D eigenvalue weighted by Crippen LogP contribution is 2.36. The van der Waals surface area contributed by atoms with Crippen LogP contribution in [-0.4, -0.2) is 11.1 Å². The molecular weight excluding hydrogens is 342 g/mol. The zero-order chi connectivity index (χ0) is 18.1. The molecule has 0 fully saturated rings. The fourth-order valence-electron chi connectivity index (χ4n) is 1.83. The summed E-state index contributed by atoms with van der Waals surface area (Å²) in [5.74, 6) is -2.56. The van der Waals surface area contributed by atoms with Crippen molar-refractivity contribution in [3.05, 3.63) is 59.2 Å². The van der Waals surface area contributed by atoms with Gasteiger partial charge in [0.15, 0.2) is 0 Å². The Bertz CT molecular complexity index is 765. The van der Waals surface area contributed by atoms with Gasteiger partial charge in [-0.2, -0.15) is 26.3 Å². The number of hydrogen-bond acceptors (Lipinski definition) is 2. The van der Waals surface area contributed by atoms with E-state index in [0.717, 1.165) is 24.3 Å². The normalized spacial score (nSPS) is 12.1. The molecule has 0 bridgehead atoms. The Morgan fingerprint density at radius 3 is 2.00 bits per heavy atom. The lowest BCUT2D eigenvalue weighted by atomic mass is 10.1. The van der Waals surface area contributed by atoms with Gasteiger partial charge in [0.2, 0.25) is 0 Å². The van der Waals surface area contributed by atoms with Gasteiger partial charge in [-0.15, -0.1) is 0 Å². The molecule has 0 radical (unpaired) electrons. The Morgan fingerprint density at radius 1 is 0.875 bits per heavy atom. The number of ether oxygens (including phenoxy) is 1. The molecule has 0 aliphatic carbocycles. The van der Waals surface area contributed by atoms with Crippen molar-refractivity contribution in [1.82, 2.24) is 0 Å². The van der Waals surface area contributed by atoms with Crippen molar-refractivity contribution < 1.29 is 41.0 Å². The molecule has 3 nitrogen and oxygen atoms in total. The van der Waals surface area contributed by atoms with Crippen LogP contribution in [0.4, 0.5) is 26.3 Å².